The number of carboxylic acid groups (broad SMARTS) is 1. The average molecular weight is 406 g/mol. The zero-order valence-electron chi connectivity index (χ0n) is 15.7. The Morgan fingerprint density at radius 3 is 2.93 bits per heavy atom. The van der Waals surface area contributed by atoms with Gasteiger partial charge in [-0.15, -0.1) is 11.3 Å². The van der Waals surface area contributed by atoms with Gasteiger partial charge in [0.1, 0.15) is 10.6 Å². The van der Waals surface area contributed by atoms with Crippen LogP contribution in [0.4, 0.5) is 0 Å². The Kier molecular flexibility index (Phi) is 4.13. The van der Waals surface area contributed by atoms with Gasteiger partial charge in [-0.2, -0.15) is 0 Å². The van der Waals surface area contributed by atoms with E-state index in [1.165, 1.54) is 10.9 Å². The van der Waals surface area contributed by atoms with Gasteiger partial charge >= 0.3 is 5.97 Å². The molecule has 2 N–H and O–H groups in total. The maximum Gasteiger partial charge on any atom is 0.335 e. The Balaban J connectivity index is 1.56. The summed E-state index contributed by atoms with van der Waals surface area (Å²) in [5.41, 5.74) is 1.85. The Morgan fingerprint density at radius 1 is 1.28 bits per heavy atom. The van der Waals surface area contributed by atoms with Crippen molar-refractivity contribution in [1.82, 2.24) is 9.97 Å². The number of benzene rings is 1. The maximum atomic E-state index is 12.8. The molecule has 0 bridgehead atoms. The molecule has 0 saturated heterocycles. The first kappa shape index (κ1) is 17.9. The summed E-state index contributed by atoms with van der Waals surface area (Å²) in [6.07, 6.45) is 3.01. The second-order valence-corrected chi connectivity index (χ2v) is 8.58. The number of aromatic nitrogens is 2. The van der Waals surface area contributed by atoms with E-state index in [1.807, 2.05) is 0 Å². The zero-order valence-corrected chi connectivity index (χ0v) is 16.5. The molecule has 5 rings (SSSR count). The van der Waals surface area contributed by atoms with Crippen molar-refractivity contribution in [3.05, 3.63) is 62.8 Å². The lowest BCUT2D eigenvalue weighted by Gasteiger charge is -2.17. The van der Waals surface area contributed by atoms with Crippen LogP contribution in [0.3, 0.4) is 0 Å². The maximum absolute atomic E-state index is 12.8. The first-order chi connectivity index (χ1) is 14.0. The summed E-state index contributed by atoms with van der Waals surface area (Å²) in [6.45, 7) is 2.24. The number of thiophene rings is 1. The van der Waals surface area contributed by atoms with Gasteiger partial charge in [0.25, 0.3) is 5.56 Å². The van der Waals surface area contributed by atoms with Gasteiger partial charge in [0.05, 0.1) is 10.9 Å². The third-order valence-corrected chi connectivity index (χ3v) is 6.55. The molecule has 0 fully saturated rings. The van der Waals surface area contributed by atoms with Gasteiger partial charge in [-0.05, 0) is 55.0 Å². The van der Waals surface area contributed by atoms with E-state index in [0.717, 1.165) is 29.7 Å². The molecule has 3 aromatic heterocycles. The van der Waals surface area contributed by atoms with Crippen molar-refractivity contribution < 1.29 is 14.3 Å². The highest BCUT2D eigenvalue weighted by Gasteiger charge is 2.23. The van der Waals surface area contributed by atoms with Crippen LogP contribution in [0.15, 0.2) is 45.6 Å². The minimum absolute atomic E-state index is 0.136. The number of carbonyl (C=O) groups is 1. The molecule has 146 valence electrons. The predicted molar refractivity (Wildman–Crippen MR) is 112 cm³/mol. The molecule has 0 spiro atoms. The van der Waals surface area contributed by atoms with Crippen LogP contribution >= 0.6 is 11.3 Å². The molecule has 1 aromatic carbocycles. The fourth-order valence-electron chi connectivity index (χ4n) is 3.89. The van der Waals surface area contributed by atoms with E-state index < -0.39 is 5.97 Å². The molecule has 0 aliphatic heterocycles. The van der Waals surface area contributed by atoms with Gasteiger partial charge in [0.15, 0.2) is 11.6 Å². The normalized spacial score (nSPS) is 16.1. The van der Waals surface area contributed by atoms with Crippen LogP contribution in [0.2, 0.25) is 0 Å². The first-order valence-electron chi connectivity index (χ1n) is 9.48. The molecule has 0 saturated carbocycles. The van der Waals surface area contributed by atoms with Gasteiger partial charge in [-0.3, -0.25) is 4.79 Å². The zero-order chi connectivity index (χ0) is 20.1. The van der Waals surface area contributed by atoms with Gasteiger partial charge in [-0.1, -0.05) is 19.1 Å². The summed E-state index contributed by atoms with van der Waals surface area (Å²) in [4.78, 5) is 33.5. The monoisotopic (exact) mass is 406 g/mol. The Morgan fingerprint density at radius 2 is 2.10 bits per heavy atom. The van der Waals surface area contributed by atoms with Crippen LogP contribution in [0.25, 0.3) is 33.1 Å². The summed E-state index contributed by atoms with van der Waals surface area (Å²) >= 11 is 1.60. The predicted octanol–water partition coefficient (Wildman–Crippen LogP) is 4.73. The summed E-state index contributed by atoms with van der Waals surface area (Å²) in [6, 6.07) is 10.0. The minimum Gasteiger partial charge on any atom is -0.478 e. The van der Waals surface area contributed by atoms with Crippen molar-refractivity contribution in [2.75, 3.05) is 0 Å². The van der Waals surface area contributed by atoms with Crippen molar-refractivity contribution in [3.8, 4) is 22.9 Å². The molecule has 0 amide bonds. The van der Waals surface area contributed by atoms with Gasteiger partial charge in [0, 0.05) is 10.4 Å². The molecular formula is C22H18N2O4S. The topological polar surface area (TPSA) is 96.2 Å². The summed E-state index contributed by atoms with van der Waals surface area (Å²) in [5, 5.41) is 9.89. The van der Waals surface area contributed by atoms with E-state index >= 15 is 0 Å². The van der Waals surface area contributed by atoms with Crippen molar-refractivity contribution in [3.63, 3.8) is 0 Å². The number of fused-ring (bicyclic) bond motifs is 3. The van der Waals surface area contributed by atoms with E-state index in [1.54, 1.807) is 41.7 Å². The fraction of sp³-hybridized carbons (Fsp3) is 0.227. The number of furan rings is 1. The number of aryl methyl sites for hydroxylation is 1. The minimum atomic E-state index is -0.994. The molecule has 6 nitrogen and oxygen atoms in total. The number of nitrogens with one attached hydrogen (secondary N) is 1. The first-order valence-corrected chi connectivity index (χ1v) is 10.3. The third kappa shape index (κ3) is 3.07. The smallest absolute Gasteiger partial charge is 0.335 e. The highest BCUT2D eigenvalue weighted by Crippen LogP contribution is 2.36. The highest BCUT2D eigenvalue weighted by molar-refractivity contribution is 7.18. The van der Waals surface area contributed by atoms with Crippen LogP contribution in [0, 0.1) is 5.92 Å². The van der Waals surface area contributed by atoms with Crippen LogP contribution in [0.5, 0.6) is 0 Å². The van der Waals surface area contributed by atoms with Crippen LogP contribution in [-0.2, 0) is 12.8 Å². The quantitative estimate of drug-likeness (QED) is 0.512. The van der Waals surface area contributed by atoms with E-state index in [4.69, 9.17) is 4.42 Å². The number of hydrogen-bond donors (Lipinski definition) is 2. The number of nitrogens with zero attached hydrogens (tertiary/aromatic N) is 1. The van der Waals surface area contributed by atoms with Crippen LogP contribution in [0.1, 0.15) is 34.1 Å². The molecule has 4 aromatic rings. The van der Waals surface area contributed by atoms with Crippen LogP contribution < -0.4 is 5.56 Å². The molecule has 1 unspecified atom stereocenters. The lowest BCUT2D eigenvalue weighted by atomic mass is 9.89. The van der Waals surface area contributed by atoms with Crippen molar-refractivity contribution in [1.29, 1.82) is 0 Å². The molecule has 29 heavy (non-hydrogen) atoms. The average Bonchev–Trinajstić information content (AvgIpc) is 3.32. The number of hydrogen-bond acceptors (Lipinski definition) is 5. The highest BCUT2D eigenvalue weighted by atomic mass is 32.1. The summed E-state index contributed by atoms with van der Waals surface area (Å²) < 4.78 is 5.89. The van der Waals surface area contributed by atoms with Gasteiger partial charge in [-0.25, -0.2) is 9.78 Å². The van der Waals surface area contributed by atoms with Gasteiger partial charge in [0.2, 0.25) is 0 Å². The number of rotatable bonds is 3. The number of aromatic amines is 1. The molecule has 1 aliphatic carbocycles. The fourth-order valence-corrected chi connectivity index (χ4v) is 5.27. The molecule has 7 heteroatoms. The van der Waals surface area contributed by atoms with Crippen molar-refractivity contribution >= 4 is 27.5 Å². The lowest BCUT2D eigenvalue weighted by Crippen LogP contribution is -2.13. The Bertz CT molecular complexity index is 1310. The Hall–Kier alpha value is -3.19. The second kappa shape index (κ2) is 6.70. The molecule has 0 radical (unpaired) electrons. The standard InChI is InChI=1S/C22H18N2O4S/c1-11-5-6-14-17(9-11)29-21-18(14)20(25)23-19(24-21)16-8-7-15(28-16)12-3-2-4-13(10-12)22(26)27/h2-4,7-8,10-11H,5-6,9H2,1H3,(H,26,27)(H,23,24,25). The molecule has 1 atom stereocenters. The summed E-state index contributed by atoms with van der Waals surface area (Å²) in [7, 11) is 0. The van der Waals surface area contributed by atoms with Gasteiger partial charge < -0.3 is 14.5 Å². The summed E-state index contributed by atoms with van der Waals surface area (Å²) in [5.74, 6) is 0.980. The third-order valence-electron chi connectivity index (χ3n) is 5.40. The van der Waals surface area contributed by atoms with E-state index in [2.05, 4.69) is 16.9 Å². The SMILES string of the molecule is CC1CCc2c(sc3nc(-c4ccc(-c5cccc(C(=O)O)c5)o4)[nH]c(=O)c23)C1. The van der Waals surface area contributed by atoms with E-state index in [-0.39, 0.29) is 11.1 Å². The van der Waals surface area contributed by atoms with Crippen molar-refractivity contribution in [2.45, 2.75) is 26.2 Å². The lowest BCUT2D eigenvalue weighted by molar-refractivity contribution is 0.0697. The van der Waals surface area contributed by atoms with Crippen LogP contribution in [-0.4, -0.2) is 21.0 Å². The van der Waals surface area contributed by atoms with Crippen molar-refractivity contribution in [2.24, 2.45) is 5.92 Å². The molecular weight excluding hydrogens is 388 g/mol. The Labute approximate surface area is 169 Å². The second-order valence-electron chi connectivity index (χ2n) is 7.50. The molecule has 3 heterocycles. The van der Waals surface area contributed by atoms with E-state index in [0.29, 0.717) is 34.2 Å². The number of carboxylic acids is 1. The number of aromatic carboxylic acids is 1. The molecule has 1 aliphatic rings. The largest absolute Gasteiger partial charge is 0.478 e. The number of H-pyrrole nitrogens is 1. The van der Waals surface area contributed by atoms with E-state index in [9.17, 15) is 14.7 Å².